The summed E-state index contributed by atoms with van der Waals surface area (Å²) in [5, 5.41) is 0. The maximum atomic E-state index is 11.4. The topological polar surface area (TPSA) is 110 Å². The second kappa shape index (κ2) is 4.94. The largest absolute Gasteiger partial charge is 0.369 e. The van der Waals surface area contributed by atoms with Gasteiger partial charge in [0.25, 0.3) is 10.1 Å². The monoisotopic (exact) mass is 280 g/mol. The van der Waals surface area contributed by atoms with Crippen LogP contribution in [0.25, 0.3) is 0 Å². The lowest BCUT2D eigenvalue weighted by atomic mass is 9.91. The zero-order valence-electron chi connectivity index (χ0n) is 9.80. The summed E-state index contributed by atoms with van der Waals surface area (Å²) in [6.45, 7) is 0. The number of allylic oxidation sites excluding steroid dienone is 1. The van der Waals surface area contributed by atoms with E-state index in [1.165, 1.54) is 24.4 Å². The number of amides is 1. The Morgan fingerprint density at radius 2 is 2.00 bits per heavy atom. The standard InChI is InChI=1S/C12H12N2O4S/c13-12(15)9-5-3-7-14-11(9)8-4-1-2-6-10(8)19(16,17)18/h1-7,9,11H,(H2,13,15)(H,16,17,18). The molecule has 1 amide bonds. The van der Waals surface area contributed by atoms with E-state index in [0.717, 1.165) is 0 Å². The lowest BCUT2D eigenvalue weighted by Gasteiger charge is -2.22. The highest BCUT2D eigenvalue weighted by Gasteiger charge is 2.30. The molecule has 0 spiro atoms. The first kappa shape index (κ1) is 13.4. The van der Waals surface area contributed by atoms with Gasteiger partial charge in [-0.15, -0.1) is 0 Å². The van der Waals surface area contributed by atoms with Gasteiger partial charge in [-0.2, -0.15) is 8.42 Å². The van der Waals surface area contributed by atoms with Gasteiger partial charge in [-0.25, -0.2) is 0 Å². The smallest absolute Gasteiger partial charge is 0.294 e. The summed E-state index contributed by atoms with van der Waals surface area (Å²) in [4.78, 5) is 15.2. The number of rotatable bonds is 3. The Labute approximate surface area is 110 Å². The first-order chi connectivity index (χ1) is 8.91. The second-order valence-electron chi connectivity index (χ2n) is 4.07. The van der Waals surface area contributed by atoms with E-state index < -0.39 is 28.0 Å². The molecule has 2 unspecified atom stereocenters. The fraction of sp³-hybridized carbons (Fsp3) is 0.167. The van der Waals surface area contributed by atoms with Crippen molar-refractivity contribution in [3.05, 3.63) is 42.0 Å². The van der Waals surface area contributed by atoms with Crippen LogP contribution in [0.15, 0.2) is 46.3 Å². The highest BCUT2D eigenvalue weighted by Crippen LogP contribution is 2.33. The predicted molar refractivity (Wildman–Crippen MR) is 69.3 cm³/mol. The molecular formula is C12H12N2O4S. The molecular weight excluding hydrogens is 268 g/mol. The average molecular weight is 280 g/mol. The molecule has 1 aromatic carbocycles. The van der Waals surface area contributed by atoms with Crippen molar-refractivity contribution in [3.8, 4) is 0 Å². The molecule has 19 heavy (non-hydrogen) atoms. The van der Waals surface area contributed by atoms with Crippen molar-refractivity contribution in [3.63, 3.8) is 0 Å². The van der Waals surface area contributed by atoms with Gasteiger partial charge < -0.3 is 5.73 Å². The Balaban J connectivity index is 2.56. The molecule has 0 aliphatic carbocycles. The van der Waals surface area contributed by atoms with Crippen LogP contribution in [0.4, 0.5) is 0 Å². The van der Waals surface area contributed by atoms with E-state index in [9.17, 15) is 17.8 Å². The van der Waals surface area contributed by atoms with Crippen LogP contribution >= 0.6 is 0 Å². The fourth-order valence-electron chi connectivity index (χ4n) is 1.99. The molecule has 1 heterocycles. The van der Waals surface area contributed by atoms with Crippen LogP contribution in [0, 0.1) is 5.92 Å². The van der Waals surface area contributed by atoms with Crippen LogP contribution in [-0.4, -0.2) is 25.1 Å². The fourth-order valence-corrected chi connectivity index (χ4v) is 2.73. The Hall–Kier alpha value is -1.99. The van der Waals surface area contributed by atoms with E-state index in [4.69, 9.17) is 5.73 Å². The quantitative estimate of drug-likeness (QED) is 0.795. The third kappa shape index (κ3) is 2.72. The number of dihydropyridines is 1. The van der Waals surface area contributed by atoms with Gasteiger partial charge in [0.05, 0.1) is 16.9 Å². The van der Waals surface area contributed by atoms with Gasteiger partial charge in [-0.1, -0.05) is 24.3 Å². The molecule has 2 rings (SSSR count). The number of nitrogens with zero attached hydrogens (tertiary/aromatic N) is 1. The van der Waals surface area contributed by atoms with Gasteiger partial charge in [-0.05, 0) is 17.7 Å². The third-order valence-corrected chi connectivity index (χ3v) is 3.76. The Kier molecular flexibility index (Phi) is 3.50. The maximum Gasteiger partial charge on any atom is 0.294 e. The Morgan fingerprint density at radius 1 is 1.32 bits per heavy atom. The number of aliphatic imine (C=N–C) groups is 1. The van der Waals surface area contributed by atoms with Gasteiger partial charge >= 0.3 is 0 Å². The lowest BCUT2D eigenvalue weighted by Crippen LogP contribution is -2.28. The molecule has 1 aliphatic rings. The molecule has 6 nitrogen and oxygen atoms in total. The number of primary amides is 1. The highest BCUT2D eigenvalue weighted by atomic mass is 32.2. The normalized spacial score (nSPS) is 22.4. The summed E-state index contributed by atoms with van der Waals surface area (Å²) in [6, 6.07) is 5.10. The van der Waals surface area contributed by atoms with Gasteiger partial charge in [0.15, 0.2) is 0 Å². The van der Waals surface area contributed by atoms with E-state index >= 15 is 0 Å². The molecule has 3 N–H and O–H groups in total. The summed E-state index contributed by atoms with van der Waals surface area (Å²) < 4.78 is 31.9. The minimum atomic E-state index is -4.38. The maximum absolute atomic E-state index is 11.4. The minimum absolute atomic E-state index is 0.245. The first-order valence-electron chi connectivity index (χ1n) is 5.47. The van der Waals surface area contributed by atoms with Crippen LogP contribution in [0.1, 0.15) is 11.6 Å². The van der Waals surface area contributed by atoms with Crippen LogP contribution < -0.4 is 5.73 Å². The van der Waals surface area contributed by atoms with Crippen molar-refractivity contribution < 1.29 is 17.8 Å². The van der Waals surface area contributed by atoms with Crippen LogP contribution in [0.3, 0.4) is 0 Å². The van der Waals surface area contributed by atoms with Crippen LogP contribution in [-0.2, 0) is 14.9 Å². The zero-order chi connectivity index (χ0) is 14.0. The molecule has 2 atom stereocenters. The molecule has 0 aromatic heterocycles. The van der Waals surface area contributed by atoms with Gasteiger partial charge in [0, 0.05) is 6.21 Å². The van der Waals surface area contributed by atoms with Crippen molar-refractivity contribution in [1.82, 2.24) is 0 Å². The van der Waals surface area contributed by atoms with E-state index in [1.54, 1.807) is 18.2 Å². The van der Waals surface area contributed by atoms with E-state index in [0.29, 0.717) is 0 Å². The predicted octanol–water partition coefficient (Wildman–Crippen LogP) is 0.717. The Morgan fingerprint density at radius 3 is 2.63 bits per heavy atom. The molecule has 0 saturated carbocycles. The highest BCUT2D eigenvalue weighted by molar-refractivity contribution is 7.85. The number of carbonyl (C=O) groups is 1. The molecule has 7 heteroatoms. The third-order valence-electron chi connectivity index (χ3n) is 2.84. The summed E-state index contributed by atoms with van der Waals surface area (Å²) >= 11 is 0. The molecule has 0 fully saturated rings. The summed E-state index contributed by atoms with van der Waals surface area (Å²) in [5.41, 5.74) is 5.52. The van der Waals surface area contributed by atoms with Gasteiger partial charge in [0.1, 0.15) is 0 Å². The molecule has 100 valence electrons. The molecule has 1 aliphatic heterocycles. The van der Waals surface area contributed by atoms with E-state index in [2.05, 4.69) is 4.99 Å². The number of carbonyl (C=O) groups excluding carboxylic acids is 1. The van der Waals surface area contributed by atoms with Crippen molar-refractivity contribution in [2.45, 2.75) is 10.9 Å². The van der Waals surface area contributed by atoms with Gasteiger partial charge in [-0.3, -0.25) is 14.3 Å². The van der Waals surface area contributed by atoms with Crippen LogP contribution in [0.5, 0.6) is 0 Å². The number of hydrogen-bond acceptors (Lipinski definition) is 4. The lowest BCUT2D eigenvalue weighted by molar-refractivity contribution is -0.121. The molecule has 1 aromatic rings. The number of benzene rings is 1. The van der Waals surface area contributed by atoms with E-state index in [1.807, 2.05) is 0 Å². The van der Waals surface area contributed by atoms with Gasteiger partial charge in [0.2, 0.25) is 5.91 Å². The summed E-state index contributed by atoms with van der Waals surface area (Å²) in [5.74, 6) is -1.35. The van der Waals surface area contributed by atoms with Crippen molar-refractivity contribution >= 4 is 22.2 Å². The number of hydrogen-bond donors (Lipinski definition) is 2. The number of nitrogens with two attached hydrogens (primary N) is 1. The zero-order valence-corrected chi connectivity index (χ0v) is 10.6. The molecule has 0 radical (unpaired) electrons. The first-order valence-corrected chi connectivity index (χ1v) is 6.91. The summed E-state index contributed by atoms with van der Waals surface area (Å²) in [7, 11) is -4.38. The molecule has 0 bridgehead atoms. The minimum Gasteiger partial charge on any atom is -0.369 e. The van der Waals surface area contributed by atoms with Crippen molar-refractivity contribution in [2.24, 2.45) is 16.6 Å². The molecule has 0 saturated heterocycles. The Bertz CT molecular complexity index is 664. The summed E-state index contributed by atoms with van der Waals surface area (Å²) in [6.07, 6.45) is 4.59. The van der Waals surface area contributed by atoms with Crippen molar-refractivity contribution in [2.75, 3.05) is 0 Å². The average Bonchev–Trinajstić information content (AvgIpc) is 2.37. The van der Waals surface area contributed by atoms with E-state index in [-0.39, 0.29) is 10.5 Å². The van der Waals surface area contributed by atoms with Crippen LogP contribution in [0.2, 0.25) is 0 Å². The SMILES string of the molecule is NC(=O)C1C=CC=NC1c1ccccc1S(=O)(=O)O. The second-order valence-corrected chi connectivity index (χ2v) is 5.46. The van der Waals surface area contributed by atoms with Crippen molar-refractivity contribution in [1.29, 1.82) is 0 Å².